The highest BCUT2D eigenvalue weighted by atomic mass is 16.7. The molecule has 0 saturated carbocycles. The molecule has 7 rings (SSSR count). The van der Waals surface area contributed by atoms with Crippen LogP contribution in [0.25, 0.3) is 0 Å². The number of carbonyl (C=O) groups excluding carboxylic acids is 12. The summed E-state index contributed by atoms with van der Waals surface area (Å²) in [4.78, 5) is 233. The molecule has 54 nitrogen and oxygen atoms in total. The Balaban J connectivity index is 1.48. The van der Waals surface area contributed by atoms with Gasteiger partial charge in [0.2, 0.25) is 0 Å². The summed E-state index contributed by atoms with van der Waals surface area (Å²) in [6, 6.07) is -1.49. The van der Waals surface area contributed by atoms with Gasteiger partial charge >= 0.3 is 71.5 Å². The van der Waals surface area contributed by atoms with Crippen LogP contribution in [-0.2, 0) is 0 Å². The third-order valence-corrected chi connectivity index (χ3v) is 11.1. The van der Waals surface area contributed by atoms with Crippen LogP contribution in [0.1, 0.15) is 96.7 Å². The number of imide groups is 6. The van der Waals surface area contributed by atoms with Crippen molar-refractivity contribution in [1.82, 2.24) is 64.5 Å². The van der Waals surface area contributed by atoms with Crippen LogP contribution in [0.15, 0.2) is 130 Å². The Kier molecular flexibility index (Phi) is 23.2. The molecule has 0 fully saturated rings. The maximum absolute atomic E-state index is 15.1. The van der Waals surface area contributed by atoms with Gasteiger partial charge in [-0.15, -0.1) is 0 Å². The maximum Gasteiger partial charge on any atom is 0.433 e. The van der Waals surface area contributed by atoms with E-state index in [9.17, 15) is 89.5 Å². The van der Waals surface area contributed by atoms with Crippen LogP contribution in [0.4, 0.5) is 64.1 Å². The predicted molar refractivity (Wildman–Crippen MR) is 320 cm³/mol. The summed E-state index contributed by atoms with van der Waals surface area (Å²) in [7, 11) is 0. The first-order valence-electron chi connectivity index (χ1n) is 26.0. The van der Waals surface area contributed by atoms with E-state index in [2.05, 4.69) is 30.6 Å². The lowest BCUT2D eigenvalue weighted by molar-refractivity contribution is -0.402. The number of urea groups is 6. The number of nitro groups is 6. The molecule has 7 aromatic rings. The highest BCUT2D eigenvalue weighted by Crippen LogP contribution is 2.31. The van der Waals surface area contributed by atoms with Gasteiger partial charge in [0.15, 0.2) is 34.6 Å². The van der Waals surface area contributed by atoms with E-state index in [4.69, 9.17) is 26.5 Å². The Bertz CT molecular complexity index is 4070. The second-order valence-corrected chi connectivity index (χ2v) is 17.8. The third kappa shape index (κ3) is 19.5. The summed E-state index contributed by atoms with van der Waals surface area (Å²) in [5, 5.41) is 96.0. The first-order valence-corrected chi connectivity index (χ1v) is 26.0. The van der Waals surface area contributed by atoms with Gasteiger partial charge in [-0.1, -0.05) is 0 Å². The zero-order valence-electron chi connectivity index (χ0n) is 49.0. The molecule has 12 N–H and O–H groups in total. The lowest BCUT2D eigenvalue weighted by atomic mass is 9.83. The lowest BCUT2D eigenvalue weighted by Gasteiger charge is -2.23. The van der Waals surface area contributed by atoms with Crippen molar-refractivity contribution in [3.8, 4) is 0 Å². The minimum absolute atomic E-state index is 0.490. The highest BCUT2D eigenvalue weighted by Gasteiger charge is 2.42. The molecule has 0 bridgehead atoms. The van der Waals surface area contributed by atoms with Gasteiger partial charge in [0, 0.05) is 0 Å². The van der Waals surface area contributed by atoms with E-state index in [1.165, 1.54) is 31.9 Å². The Morgan fingerprint density at radius 2 is 0.373 bits per heavy atom. The predicted octanol–water partition coefficient (Wildman–Crippen LogP) is 1.53. The largest absolute Gasteiger partial charge is 0.433 e. The number of hydrazone groups is 6. The number of nitrogens with one attached hydrogen (secondary N) is 12. The fraction of sp³-hybridized carbons (Fsp3) is 0. The second-order valence-electron chi connectivity index (χ2n) is 17.8. The van der Waals surface area contributed by atoms with E-state index in [0.717, 1.165) is 72.8 Å². The number of hydrogen-bond donors (Lipinski definition) is 12. The summed E-state index contributed by atoms with van der Waals surface area (Å²) in [6.07, 6.45) is 3.26. The van der Waals surface area contributed by atoms with Crippen LogP contribution < -0.4 is 64.5 Å². The van der Waals surface area contributed by atoms with Gasteiger partial charge in [0.05, 0.1) is 107 Å². The molecule has 6 heterocycles. The van der Waals surface area contributed by atoms with E-state index in [0.29, 0.717) is 37.3 Å². The Labute approximate surface area is 553 Å². The van der Waals surface area contributed by atoms with Crippen molar-refractivity contribution in [1.29, 1.82) is 0 Å². The summed E-state index contributed by atoms with van der Waals surface area (Å²) >= 11 is 0. The van der Waals surface area contributed by atoms with E-state index in [1.807, 2.05) is 0 Å². The van der Waals surface area contributed by atoms with Gasteiger partial charge in [0.1, 0.15) is 29.5 Å². The van der Waals surface area contributed by atoms with Crippen LogP contribution in [0, 0.1) is 60.7 Å². The second kappa shape index (κ2) is 32.7. The van der Waals surface area contributed by atoms with Crippen molar-refractivity contribution in [3.05, 3.63) is 201 Å². The molecular weight excluding hydrogens is 1390 g/mol. The zero-order valence-corrected chi connectivity index (χ0v) is 49.0. The summed E-state index contributed by atoms with van der Waals surface area (Å²) < 4.78 is 29.2. The molecule has 0 aliphatic carbocycles. The normalized spacial score (nSPS) is 11.1. The molecule has 6 aromatic heterocycles. The molecule has 18 amide bonds. The molecule has 102 heavy (non-hydrogen) atoms. The molecule has 0 aliphatic rings. The number of hydrogen-bond acceptors (Lipinski definition) is 36. The number of nitrogens with zero attached hydrogens (tertiary/aromatic N) is 12. The number of furan rings is 6. The summed E-state index contributed by atoms with van der Waals surface area (Å²) in [6.45, 7) is 0. The van der Waals surface area contributed by atoms with Crippen molar-refractivity contribution < 1.29 is 114 Å². The van der Waals surface area contributed by atoms with Crippen molar-refractivity contribution in [2.75, 3.05) is 0 Å². The van der Waals surface area contributed by atoms with Crippen molar-refractivity contribution in [2.45, 2.75) is 0 Å². The van der Waals surface area contributed by atoms with E-state index >= 15 is 28.8 Å². The molecule has 0 radical (unpaired) electrons. The van der Waals surface area contributed by atoms with Crippen LogP contribution in [0.2, 0.25) is 0 Å². The number of carbonyl (C=O) groups is 12. The molecule has 0 atom stereocenters. The quantitative estimate of drug-likeness (QED) is 0.0232. The Hall–Kier alpha value is -17.0. The fourth-order valence-electron chi connectivity index (χ4n) is 7.26. The van der Waals surface area contributed by atoms with Crippen LogP contribution in [0.5, 0.6) is 0 Å². The number of rotatable bonds is 24. The van der Waals surface area contributed by atoms with Crippen LogP contribution >= 0.6 is 0 Å². The number of benzene rings is 1. The molecule has 1 aromatic carbocycles. The summed E-state index contributed by atoms with van der Waals surface area (Å²) in [5.41, 5.74) is -2.86. The average Bonchev–Trinajstić information content (AvgIpc) is 0.759. The van der Waals surface area contributed by atoms with Crippen molar-refractivity contribution in [3.63, 3.8) is 0 Å². The SMILES string of the molecule is O=C(N/N=C\c1ccc([N+](=O)[O-])o1)NC(=O)c1c(C(=O)NC(=O)N/N=C/c2ccc([N+](=O)[O-])o2)c(C(=O)NC(=O)N/N=C/c2ccc([N+](=O)[O-])o2)c(C(=O)NC(=O)N/N=C\c2ccc([N+](=O)[O-])o2)c(C(=O)NC(=O)N/N=C/c2ccc([N+](=O)[O-])o2)c1C(=O)NC(=O)N/N=C/c1ccc([N+](=O)[O-])o1. The fourth-order valence-corrected chi connectivity index (χ4v) is 7.26. The van der Waals surface area contributed by atoms with Gasteiger partial charge in [-0.3, -0.25) is 121 Å². The van der Waals surface area contributed by atoms with Crippen LogP contribution in [-0.4, -0.2) is 138 Å². The van der Waals surface area contributed by atoms with Crippen molar-refractivity contribution >= 4 is 144 Å². The molecule has 0 saturated heterocycles. The molecule has 522 valence electrons. The standard InChI is InChI=1S/C48H30N24O30/c73-37(55-43(79)61-49-13-19-1-7-25(97-19)67(85)86)31-32(38(74)56-44(80)62-50-14-20-2-8-26(98-20)68(87)88)34(40(76)58-46(82)64-52-16-22-4-10-28(100-22)70(91)92)36(42(78)60-48(84)66-54-18-24-6-12-30(102-24)72(95)96)35(41(77)59-47(83)65-53-17-23-5-11-29(101-23)71(93)94)33(31)39(75)57-45(81)63-51-15-21-3-9-27(99-21)69(89)90/h1-18H,(H2,55,61,73,79)(H2,56,62,74,80)(H2,57,63,75,81)(H2,58,64,76,82)(H2,59,65,77,83)(H2,60,66,78,84)/b49-13-,50-14+,51-15+,52-16+,53-17+,54-18-. The first-order chi connectivity index (χ1) is 48.5. The minimum Gasteiger partial charge on any atom is -0.400 e. The van der Waals surface area contributed by atoms with E-state index in [1.54, 1.807) is 32.6 Å². The summed E-state index contributed by atoms with van der Waals surface area (Å²) in [5.74, 6) is -22.5. The minimum atomic E-state index is -2.38. The van der Waals surface area contributed by atoms with Gasteiger partial charge in [0.25, 0.3) is 35.4 Å². The zero-order chi connectivity index (χ0) is 74.5. The molecule has 0 spiro atoms. The van der Waals surface area contributed by atoms with E-state index < -0.39 is 204 Å². The maximum atomic E-state index is 15.1. The lowest BCUT2D eigenvalue weighted by Crippen LogP contribution is -2.48. The Morgan fingerprint density at radius 1 is 0.245 bits per heavy atom. The first kappa shape index (κ1) is 72.4. The van der Waals surface area contributed by atoms with Gasteiger partial charge in [-0.05, 0) is 36.4 Å². The van der Waals surface area contributed by atoms with Gasteiger partial charge in [-0.25, -0.2) is 61.3 Å². The van der Waals surface area contributed by atoms with E-state index in [-0.39, 0.29) is 0 Å². The molecule has 0 aliphatic heterocycles. The molecular formula is C48H30N24O30. The molecule has 0 unspecified atom stereocenters. The van der Waals surface area contributed by atoms with Gasteiger partial charge < -0.3 is 26.5 Å². The van der Waals surface area contributed by atoms with Gasteiger partial charge in [-0.2, -0.15) is 30.6 Å². The van der Waals surface area contributed by atoms with Crippen molar-refractivity contribution in [2.24, 2.45) is 30.6 Å². The topological polar surface area (TPSA) is 761 Å². The third-order valence-electron chi connectivity index (χ3n) is 11.1. The average molecular weight is 1420 g/mol. The van der Waals surface area contributed by atoms with Crippen LogP contribution in [0.3, 0.4) is 0 Å². The smallest absolute Gasteiger partial charge is 0.400 e. The monoisotopic (exact) mass is 1420 g/mol. The highest BCUT2D eigenvalue weighted by molar-refractivity contribution is 6.31. The Morgan fingerprint density at radius 3 is 0.480 bits per heavy atom. The number of amides is 18. The molecule has 54 heteroatoms.